The lowest BCUT2D eigenvalue weighted by atomic mass is 9.33. The van der Waals surface area contributed by atoms with Gasteiger partial charge < -0.3 is 0 Å². The molecule has 1 aromatic rings. The first-order chi connectivity index (χ1) is 7.11. The fourth-order valence-corrected chi connectivity index (χ4v) is 4.34. The van der Waals surface area contributed by atoms with Crippen molar-refractivity contribution in [1.82, 2.24) is 0 Å². The van der Waals surface area contributed by atoms with Crippen LogP contribution in [0, 0.1) is 19.3 Å². The summed E-state index contributed by atoms with van der Waals surface area (Å²) < 4.78 is 0. The molecule has 0 spiro atoms. The number of aryl methyl sites for hydroxylation is 2. The van der Waals surface area contributed by atoms with Gasteiger partial charge in [0.15, 0.2) is 0 Å². The number of hydrogen-bond acceptors (Lipinski definition) is 0. The van der Waals surface area contributed by atoms with Crippen LogP contribution >= 0.6 is 11.6 Å². The molecule has 0 amide bonds. The maximum atomic E-state index is 6.01. The van der Waals surface area contributed by atoms with Crippen molar-refractivity contribution in [3.05, 3.63) is 34.9 Å². The lowest BCUT2D eigenvalue weighted by Crippen LogP contribution is -2.65. The summed E-state index contributed by atoms with van der Waals surface area (Å²) in [4.78, 5) is 0. The van der Waals surface area contributed by atoms with Crippen LogP contribution in [0.2, 0.25) is 0 Å². The number of hydrogen-bond donors (Lipinski definition) is 0. The van der Waals surface area contributed by atoms with Crippen LogP contribution < -0.4 is 0 Å². The Balaban J connectivity index is 1.97. The summed E-state index contributed by atoms with van der Waals surface area (Å²) in [5.74, 6) is 0.861. The molecule has 80 valence electrons. The van der Waals surface area contributed by atoms with Crippen LogP contribution in [0.5, 0.6) is 0 Å². The largest absolute Gasteiger partial charge is 0.126 e. The Bertz CT molecular complexity index is 379. The Morgan fingerprint density at radius 1 is 1.13 bits per heavy atom. The number of alkyl halides is 1. The van der Waals surface area contributed by atoms with Gasteiger partial charge in [-0.1, -0.05) is 18.2 Å². The highest BCUT2D eigenvalue weighted by atomic mass is 35.5. The third kappa shape index (κ3) is 1.09. The van der Waals surface area contributed by atoms with Crippen molar-refractivity contribution in [2.24, 2.45) is 5.41 Å². The summed E-state index contributed by atoms with van der Waals surface area (Å²) in [5, 5.41) is 0. The van der Waals surface area contributed by atoms with Crippen molar-refractivity contribution in [3.8, 4) is 0 Å². The highest BCUT2D eigenvalue weighted by Gasteiger charge is 2.68. The maximum absolute atomic E-state index is 6.01. The van der Waals surface area contributed by atoms with Gasteiger partial charge in [0.2, 0.25) is 0 Å². The van der Waals surface area contributed by atoms with Gasteiger partial charge in [0.1, 0.15) is 0 Å². The molecular formula is C14H17Cl. The zero-order valence-corrected chi connectivity index (χ0v) is 10.2. The average molecular weight is 221 g/mol. The molecule has 3 fully saturated rings. The molecule has 0 saturated heterocycles. The van der Waals surface area contributed by atoms with Gasteiger partial charge in [0.05, 0.1) is 0 Å². The fraction of sp³-hybridized carbons (Fsp3) is 0.571. The van der Waals surface area contributed by atoms with E-state index in [1.165, 1.54) is 30.4 Å². The minimum Gasteiger partial charge on any atom is -0.126 e. The number of benzene rings is 1. The predicted molar refractivity (Wildman–Crippen MR) is 64.6 cm³/mol. The van der Waals surface area contributed by atoms with Crippen molar-refractivity contribution in [2.75, 3.05) is 5.88 Å². The van der Waals surface area contributed by atoms with Crippen LogP contribution in [0.3, 0.4) is 0 Å². The molecule has 0 heterocycles. The van der Waals surface area contributed by atoms with Crippen LogP contribution in [0.15, 0.2) is 18.2 Å². The third-order valence-electron chi connectivity index (χ3n) is 4.44. The molecule has 0 aliphatic heterocycles. The van der Waals surface area contributed by atoms with Crippen LogP contribution in [-0.2, 0) is 5.41 Å². The minimum absolute atomic E-state index is 0.518. The molecule has 0 aromatic heterocycles. The van der Waals surface area contributed by atoms with Gasteiger partial charge in [0, 0.05) is 5.88 Å². The average Bonchev–Trinajstić information content (AvgIpc) is 2.06. The molecule has 15 heavy (non-hydrogen) atoms. The second-order valence-corrected chi connectivity index (χ2v) is 5.98. The van der Waals surface area contributed by atoms with Gasteiger partial charge in [0.25, 0.3) is 0 Å². The topological polar surface area (TPSA) is 0 Å². The Labute approximate surface area is 96.6 Å². The fourth-order valence-electron chi connectivity index (χ4n) is 4.06. The Morgan fingerprint density at radius 3 is 2.13 bits per heavy atom. The first kappa shape index (κ1) is 9.72. The Hall–Kier alpha value is -0.490. The van der Waals surface area contributed by atoms with Crippen molar-refractivity contribution >= 4 is 11.6 Å². The monoisotopic (exact) mass is 220 g/mol. The van der Waals surface area contributed by atoms with Gasteiger partial charge in [-0.3, -0.25) is 0 Å². The summed E-state index contributed by atoms with van der Waals surface area (Å²) >= 11 is 6.01. The lowest BCUT2D eigenvalue weighted by Gasteiger charge is -2.71. The molecule has 3 aliphatic rings. The standard InChI is InChI=1S/C14H17Cl/c1-10-4-3-5-11(2)12(10)14-6-13(7-14,8-14)9-15/h3-5H,6-9H2,1-2H3. The van der Waals surface area contributed by atoms with Crippen molar-refractivity contribution < 1.29 is 0 Å². The molecule has 0 unspecified atom stereocenters. The van der Waals surface area contributed by atoms with E-state index in [0.29, 0.717) is 10.8 Å². The van der Waals surface area contributed by atoms with Gasteiger partial charge in [-0.05, 0) is 60.6 Å². The molecule has 0 nitrogen and oxygen atoms in total. The highest BCUT2D eigenvalue weighted by molar-refractivity contribution is 6.18. The molecule has 3 aliphatic carbocycles. The molecule has 0 atom stereocenters. The Morgan fingerprint density at radius 2 is 1.67 bits per heavy atom. The lowest BCUT2D eigenvalue weighted by molar-refractivity contribution is -0.123. The molecule has 4 rings (SSSR count). The molecule has 0 radical (unpaired) electrons. The summed E-state index contributed by atoms with van der Waals surface area (Å²) in [6.45, 7) is 4.49. The minimum atomic E-state index is 0.518. The summed E-state index contributed by atoms with van der Waals surface area (Å²) in [6, 6.07) is 6.66. The maximum Gasteiger partial charge on any atom is 0.0280 e. The molecule has 1 aromatic carbocycles. The van der Waals surface area contributed by atoms with E-state index in [9.17, 15) is 0 Å². The van der Waals surface area contributed by atoms with E-state index in [2.05, 4.69) is 32.0 Å². The molecule has 3 saturated carbocycles. The van der Waals surface area contributed by atoms with E-state index < -0.39 is 0 Å². The van der Waals surface area contributed by atoms with Crippen LogP contribution in [0.4, 0.5) is 0 Å². The van der Waals surface area contributed by atoms with Crippen LogP contribution in [0.1, 0.15) is 36.0 Å². The molecule has 0 N–H and O–H groups in total. The third-order valence-corrected chi connectivity index (χ3v) is 5.00. The molecule has 1 heteroatoms. The van der Waals surface area contributed by atoms with Crippen molar-refractivity contribution in [1.29, 1.82) is 0 Å². The molecule has 2 bridgehead atoms. The highest BCUT2D eigenvalue weighted by Crippen LogP contribution is 2.74. The quantitative estimate of drug-likeness (QED) is 0.662. The summed E-state index contributed by atoms with van der Waals surface area (Å²) in [5.41, 5.74) is 5.60. The summed E-state index contributed by atoms with van der Waals surface area (Å²) in [6.07, 6.45) is 3.99. The van der Waals surface area contributed by atoms with Gasteiger partial charge in [-0.15, -0.1) is 11.6 Å². The van der Waals surface area contributed by atoms with Crippen LogP contribution in [0.25, 0.3) is 0 Å². The van der Waals surface area contributed by atoms with E-state index in [1.54, 1.807) is 5.56 Å². The van der Waals surface area contributed by atoms with E-state index in [0.717, 1.165) is 5.88 Å². The SMILES string of the molecule is Cc1cccc(C)c1C12CC(CCl)(C1)C2. The molecular weight excluding hydrogens is 204 g/mol. The zero-order valence-electron chi connectivity index (χ0n) is 9.44. The van der Waals surface area contributed by atoms with Gasteiger partial charge in [-0.25, -0.2) is 0 Å². The number of halogens is 1. The smallest absolute Gasteiger partial charge is 0.0280 e. The Kier molecular flexibility index (Phi) is 1.81. The van der Waals surface area contributed by atoms with E-state index >= 15 is 0 Å². The second kappa shape index (κ2) is 2.79. The van der Waals surface area contributed by atoms with Crippen molar-refractivity contribution in [3.63, 3.8) is 0 Å². The normalized spacial score (nSPS) is 37.0. The van der Waals surface area contributed by atoms with E-state index in [-0.39, 0.29) is 0 Å². The van der Waals surface area contributed by atoms with Gasteiger partial charge in [-0.2, -0.15) is 0 Å². The first-order valence-electron chi connectivity index (χ1n) is 5.74. The number of rotatable bonds is 2. The van der Waals surface area contributed by atoms with Crippen LogP contribution in [-0.4, -0.2) is 5.88 Å². The first-order valence-corrected chi connectivity index (χ1v) is 6.27. The van der Waals surface area contributed by atoms with Gasteiger partial charge >= 0.3 is 0 Å². The summed E-state index contributed by atoms with van der Waals surface area (Å²) in [7, 11) is 0. The van der Waals surface area contributed by atoms with E-state index in [1.807, 2.05) is 0 Å². The van der Waals surface area contributed by atoms with E-state index in [4.69, 9.17) is 11.6 Å². The van der Waals surface area contributed by atoms with Crippen molar-refractivity contribution in [2.45, 2.75) is 38.5 Å². The zero-order chi connectivity index (χ0) is 10.7. The second-order valence-electron chi connectivity index (χ2n) is 5.71. The predicted octanol–water partition coefficient (Wildman–Crippen LogP) is 3.96.